The van der Waals surface area contributed by atoms with Gasteiger partial charge in [0.25, 0.3) is 0 Å². The maximum Gasteiger partial charge on any atom is 0.0893 e. The highest BCUT2D eigenvalue weighted by Gasteiger charge is 2.01. The van der Waals surface area contributed by atoms with Crippen LogP contribution in [-0.2, 0) is 13.1 Å². The third-order valence-corrected chi connectivity index (χ3v) is 3.93. The molecule has 5 heteroatoms. The van der Waals surface area contributed by atoms with Crippen LogP contribution in [0.4, 0.5) is 0 Å². The number of rotatable bonds is 4. The smallest absolute Gasteiger partial charge is 0.0893 e. The topological polar surface area (TPSA) is 37.8 Å². The van der Waals surface area contributed by atoms with Crippen molar-refractivity contribution < 1.29 is 0 Å². The summed E-state index contributed by atoms with van der Waals surface area (Å²) in [7, 11) is 0. The molecular formula is C10H13N3S2. The van der Waals surface area contributed by atoms with Gasteiger partial charge in [-0.2, -0.15) is 0 Å². The summed E-state index contributed by atoms with van der Waals surface area (Å²) in [6, 6.07) is 2.24. The predicted octanol–water partition coefficient (Wildman–Crippen LogP) is 2.51. The first-order valence-electron chi connectivity index (χ1n) is 4.78. The highest BCUT2D eigenvalue weighted by Crippen LogP contribution is 2.20. The maximum absolute atomic E-state index is 3.98. The SMILES string of the molecule is Cc1cc(CNCc2csnn2)sc1C. The van der Waals surface area contributed by atoms with Crippen LogP contribution in [0.1, 0.15) is 21.0 Å². The Morgan fingerprint density at radius 1 is 1.33 bits per heavy atom. The van der Waals surface area contributed by atoms with Crippen molar-refractivity contribution in [1.29, 1.82) is 0 Å². The van der Waals surface area contributed by atoms with Gasteiger partial charge in [-0.3, -0.25) is 0 Å². The van der Waals surface area contributed by atoms with Crippen molar-refractivity contribution in [1.82, 2.24) is 14.9 Å². The van der Waals surface area contributed by atoms with E-state index in [1.165, 1.54) is 26.9 Å². The van der Waals surface area contributed by atoms with E-state index < -0.39 is 0 Å². The Balaban J connectivity index is 1.83. The second kappa shape index (κ2) is 4.83. The van der Waals surface area contributed by atoms with Crippen LogP contribution in [-0.4, -0.2) is 9.59 Å². The summed E-state index contributed by atoms with van der Waals surface area (Å²) in [6.45, 7) is 6.02. The zero-order chi connectivity index (χ0) is 10.7. The zero-order valence-corrected chi connectivity index (χ0v) is 10.4. The highest BCUT2D eigenvalue weighted by molar-refractivity contribution is 7.12. The van der Waals surface area contributed by atoms with Crippen molar-refractivity contribution in [3.8, 4) is 0 Å². The van der Waals surface area contributed by atoms with E-state index in [2.05, 4.69) is 34.8 Å². The Morgan fingerprint density at radius 2 is 2.20 bits per heavy atom. The molecule has 3 nitrogen and oxygen atoms in total. The van der Waals surface area contributed by atoms with Gasteiger partial charge in [-0.25, -0.2) is 0 Å². The molecule has 0 aliphatic heterocycles. The van der Waals surface area contributed by atoms with E-state index in [9.17, 15) is 0 Å². The van der Waals surface area contributed by atoms with E-state index in [0.29, 0.717) is 0 Å². The number of nitrogens with zero attached hydrogens (tertiary/aromatic N) is 2. The first-order valence-corrected chi connectivity index (χ1v) is 6.43. The summed E-state index contributed by atoms with van der Waals surface area (Å²) in [6.07, 6.45) is 0. The fourth-order valence-electron chi connectivity index (χ4n) is 1.31. The van der Waals surface area contributed by atoms with Crippen LogP contribution in [0, 0.1) is 13.8 Å². The molecule has 2 rings (SSSR count). The summed E-state index contributed by atoms with van der Waals surface area (Å²) >= 11 is 3.25. The number of thiophene rings is 1. The Hall–Kier alpha value is -0.780. The normalized spacial score (nSPS) is 10.8. The van der Waals surface area contributed by atoms with Gasteiger partial charge in [-0.1, -0.05) is 4.49 Å². The minimum atomic E-state index is 0.798. The molecule has 2 aromatic heterocycles. The third kappa shape index (κ3) is 2.84. The lowest BCUT2D eigenvalue weighted by molar-refractivity contribution is 0.684. The van der Waals surface area contributed by atoms with Crippen molar-refractivity contribution in [2.24, 2.45) is 0 Å². The van der Waals surface area contributed by atoms with Gasteiger partial charge in [0.05, 0.1) is 5.69 Å². The van der Waals surface area contributed by atoms with Gasteiger partial charge in [0, 0.05) is 28.2 Å². The number of nitrogens with one attached hydrogen (secondary N) is 1. The lowest BCUT2D eigenvalue weighted by Crippen LogP contribution is -2.11. The molecule has 0 atom stereocenters. The van der Waals surface area contributed by atoms with Crippen molar-refractivity contribution in [2.75, 3.05) is 0 Å². The highest BCUT2D eigenvalue weighted by atomic mass is 32.1. The second-order valence-corrected chi connectivity index (χ2v) is 5.40. The number of aryl methyl sites for hydroxylation is 2. The maximum atomic E-state index is 3.98. The van der Waals surface area contributed by atoms with Crippen molar-refractivity contribution >= 4 is 22.9 Å². The Bertz CT molecular complexity index is 400. The van der Waals surface area contributed by atoms with Crippen LogP contribution in [0.5, 0.6) is 0 Å². The average Bonchev–Trinajstić information content (AvgIpc) is 2.79. The first-order chi connectivity index (χ1) is 7.25. The molecule has 0 saturated heterocycles. The lowest BCUT2D eigenvalue weighted by Gasteiger charge is -1.98. The van der Waals surface area contributed by atoms with Crippen molar-refractivity contribution in [3.05, 3.63) is 32.5 Å². The molecule has 0 saturated carbocycles. The van der Waals surface area contributed by atoms with Crippen LogP contribution in [0.3, 0.4) is 0 Å². The van der Waals surface area contributed by atoms with Crippen LogP contribution >= 0.6 is 22.9 Å². The molecule has 0 aliphatic carbocycles. The molecule has 0 unspecified atom stereocenters. The van der Waals surface area contributed by atoms with E-state index in [-0.39, 0.29) is 0 Å². The summed E-state index contributed by atoms with van der Waals surface area (Å²) in [5.74, 6) is 0. The molecular weight excluding hydrogens is 226 g/mol. The van der Waals surface area contributed by atoms with Crippen LogP contribution in [0.2, 0.25) is 0 Å². The summed E-state index contributed by atoms with van der Waals surface area (Å²) < 4.78 is 3.82. The Kier molecular flexibility index (Phi) is 3.45. The largest absolute Gasteiger partial charge is 0.306 e. The minimum Gasteiger partial charge on any atom is -0.306 e. The Labute approximate surface area is 97.3 Å². The molecule has 2 heterocycles. The molecule has 0 aromatic carbocycles. The molecule has 2 aromatic rings. The van der Waals surface area contributed by atoms with Crippen molar-refractivity contribution in [3.63, 3.8) is 0 Å². The molecule has 0 radical (unpaired) electrons. The molecule has 1 N–H and O–H groups in total. The first kappa shape index (κ1) is 10.7. The van der Waals surface area contributed by atoms with E-state index in [1.807, 2.05) is 16.7 Å². The van der Waals surface area contributed by atoms with Gasteiger partial charge in [-0.15, -0.1) is 16.4 Å². The fraction of sp³-hybridized carbons (Fsp3) is 0.400. The van der Waals surface area contributed by atoms with Crippen LogP contribution < -0.4 is 5.32 Å². The van der Waals surface area contributed by atoms with Crippen LogP contribution in [0.15, 0.2) is 11.4 Å². The van der Waals surface area contributed by atoms with E-state index in [1.54, 1.807) is 0 Å². The van der Waals surface area contributed by atoms with Gasteiger partial charge < -0.3 is 5.32 Å². The standard InChI is InChI=1S/C10H13N3S2/c1-7-3-10(15-8(7)2)5-11-4-9-6-14-13-12-9/h3,6,11H,4-5H2,1-2H3. The van der Waals surface area contributed by atoms with E-state index >= 15 is 0 Å². The molecule has 80 valence electrons. The molecule has 0 spiro atoms. The monoisotopic (exact) mass is 239 g/mol. The van der Waals surface area contributed by atoms with Crippen LogP contribution in [0.25, 0.3) is 0 Å². The molecule has 0 aliphatic rings. The van der Waals surface area contributed by atoms with E-state index in [0.717, 1.165) is 18.8 Å². The third-order valence-electron chi connectivity index (χ3n) is 2.23. The fourth-order valence-corrected chi connectivity index (χ4v) is 2.79. The zero-order valence-electron chi connectivity index (χ0n) is 8.78. The summed E-state index contributed by atoms with van der Waals surface area (Å²) in [5.41, 5.74) is 2.40. The molecule has 0 amide bonds. The number of aromatic nitrogens is 2. The number of hydrogen-bond acceptors (Lipinski definition) is 5. The molecule has 0 bridgehead atoms. The van der Waals surface area contributed by atoms with Gasteiger partial charge >= 0.3 is 0 Å². The second-order valence-electron chi connectivity index (χ2n) is 3.45. The summed E-state index contributed by atoms with van der Waals surface area (Å²) in [5, 5.41) is 9.31. The number of hydrogen-bond donors (Lipinski definition) is 1. The Morgan fingerprint density at radius 3 is 2.80 bits per heavy atom. The van der Waals surface area contributed by atoms with Gasteiger partial charge in [0.15, 0.2) is 0 Å². The van der Waals surface area contributed by atoms with Crippen molar-refractivity contribution in [2.45, 2.75) is 26.9 Å². The molecule has 0 fully saturated rings. The lowest BCUT2D eigenvalue weighted by atomic mass is 10.3. The van der Waals surface area contributed by atoms with Gasteiger partial charge in [-0.05, 0) is 37.0 Å². The van der Waals surface area contributed by atoms with E-state index in [4.69, 9.17) is 0 Å². The average molecular weight is 239 g/mol. The van der Waals surface area contributed by atoms with Gasteiger partial charge in [0.2, 0.25) is 0 Å². The predicted molar refractivity (Wildman–Crippen MR) is 64.2 cm³/mol. The minimum absolute atomic E-state index is 0.798. The molecule has 15 heavy (non-hydrogen) atoms. The quantitative estimate of drug-likeness (QED) is 0.891. The van der Waals surface area contributed by atoms with Gasteiger partial charge in [0.1, 0.15) is 0 Å². The summed E-state index contributed by atoms with van der Waals surface area (Å²) in [4.78, 5) is 2.79.